The van der Waals surface area contributed by atoms with E-state index < -0.39 is 0 Å². The van der Waals surface area contributed by atoms with Crippen LogP contribution in [0.4, 0.5) is 0 Å². The van der Waals surface area contributed by atoms with E-state index in [0.717, 1.165) is 25.9 Å². The Kier molecular flexibility index (Phi) is 7.17. The molecule has 0 heterocycles. The fraction of sp³-hybridized carbons (Fsp3) is 0.750. The molecule has 10 heavy (non-hydrogen) atoms. The number of hydrogen-bond donors (Lipinski definition) is 0. The van der Waals surface area contributed by atoms with Crippen LogP contribution in [0.25, 0.3) is 9.69 Å². The highest BCUT2D eigenvalue weighted by molar-refractivity contribution is 4.67. The maximum absolute atomic E-state index is 4.96. The molecule has 0 aromatic rings. The van der Waals surface area contributed by atoms with Gasteiger partial charge < -0.3 is 0 Å². The predicted molar refractivity (Wildman–Crippen MR) is 44.8 cm³/mol. The minimum atomic E-state index is 0.778. The molecule has 0 spiro atoms. The maximum atomic E-state index is 4.96. The van der Waals surface area contributed by atoms with Gasteiger partial charge in [0.25, 0.3) is 26.2 Å². The lowest BCUT2D eigenvalue weighted by molar-refractivity contribution is 0.686. The van der Waals surface area contributed by atoms with Crippen LogP contribution in [0, 0.1) is 13.1 Å². The van der Waals surface area contributed by atoms with Crippen molar-refractivity contribution in [2.75, 3.05) is 13.1 Å². The average molecular weight is 138 g/mol. The second-order valence-corrected chi connectivity index (χ2v) is 2.23. The van der Waals surface area contributed by atoms with Gasteiger partial charge in [0, 0.05) is 12.8 Å². The lowest BCUT2D eigenvalue weighted by Crippen LogP contribution is -1.81. The first-order valence-corrected chi connectivity index (χ1v) is 3.65. The number of nitrogens with zero attached hydrogens (tertiary/aromatic N) is 2. The maximum Gasteiger partial charge on any atom is 0.263 e. The standard InChI is InChI=1S/C8H14N2/c1-9-7-5-3-4-6-8-10-2/h1-2H,3-8H2/q+2. The van der Waals surface area contributed by atoms with E-state index in [-0.39, 0.29) is 0 Å². The molecule has 0 atom stereocenters. The molecular weight excluding hydrogens is 124 g/mol. The smallest absolute Gasteiger partial charge is 0.0869 e. The molecule has 0 saturated carbocycles. The predicted octanol–water partition coefficient (Wildman–Crippen LogP) is 2.47. The van der Waals surface area contributed by atoms with Gasteiger partial charge in [0.1, 0.15) is 0 Å². The molecule has 54 valence electrons. The minimum absolute atomic E-state index is 0.778. The van der Waals surface area contributed by atoms with E-state index in [2.05, 4.69) is 9.69 Å². The molecule has 0 aliphatic heterocycles. The van der Waals surface area contributed by atoms with Crippen LogP contribution in [0.3, 0.4) is 0 Å². The second kappa shape index (κ2) is 7.98. The third kappa shape index (κ3) is 6.98. The van der Waals surface area contributed by atoms with Crippen molar-refractivity contribution >= 4 is 0 Å². The van der Waals surface area contributed by atoms with Crippen molar-refractivity contribution in [3.8, 4) is 13.1 Å². The van der Waals surface area contributed by atoms with E-state index in [1.807, 2.05) is 0 Å². The summed E-state index contributed by atoms with van der Waals surface area (Å²) in [5.74, 6) is 0. The van der Waals surface area contributed by atoms with Crippen molar-refractivity contribution < 1.29 is 0 Å². The quantitative estimate of drug-likeness (QED) is 0.516. The number of rotatable bonds is 5. The van der Waals surface area contributed by atoms with Crippen LogP contribution in [0.5, 0.6) is 0 Å². The van der Waals surface area contributed by atoms with Gasteiger partial charge in [0.05, 0.1) is 0 Å². The fourth-order valence-corrected chi connectivity index (χ4v) is 0.760. The van der Waals surface area contributed by atoms with Crippen molar-refractivity contribution in [1.82, 2.24) is 0 Å². The zero-order valence-corrected chi connectivity index (χ0v) is 6.29. The van der Waals surface area contributed by atoms with Gasteiger partial charge >= 0.3 is 0 Å². The van der Waals surface area contributed by atoms with E-state index in [1.54, 1.807) is 0 Å². The largest absolute Gasteiger partial charge is 0.263 e. The highest BCUT2D eigenvalue weighted by Gasteiger charge is 1.94. The minimum Gasteiger partial charge on any atom is -0.0869 e. The van der Waals surface area contributed by atoms with Crippen molar-refractivity contribution in [3.63, 3.8) is 0 Å². The average Bonchev–Trinajstić information content (AvgIpc) is 1.97. The number of unbranched alkanes of at least 4 members (excludes halogenated alkanes) is 3. The van der Waals surface area contributed by atoms with Crippen LogP contribution in [-0.4, -0.2) is 13.1 Å². The summed E-state index contributed by atoms with van der Waals surface area (Å²) in [7, 11) is 0. The number of hydrogen-bond acceptors (Lipinski definition) is 0. The van der Waals surface area contributed by atoms with E-state index >= 15 is 0 Å². The molecule has 0 rings (SSSR count). The summed E-state index contributed by atoms with van der Waals surface area (Å²) in [5, 5.41) is 0. The molecule has 0 aromatic carbocycles. The summed E-state index contributed by atoms with van der Waals surface area (Å²) >= 11 is 0. The molecule has 0 saturated heterocycles. The molecule has 0 aliphatic rings. The Balaban J connectivity index is 2.80. The Morgan fingerprint density at radius 3 is 1.40 bits per heavy atom. The monoisotopic (exact) mass is 138 g/mol. The molecule has 0 radical (unpaired) electrons. The van der Waals surface area contributed by atoms with Crippen molar-refractivity contribution in [2.45, 2.75) is 25.7 Å². The van der Waals surface area contributed by atoms with Crippen molar-refractivity contribution in [2.24, 2.45) is 0 Å². The van der Waals surface area contributed by atoms with Gasteiger partial charge in [0.2, 0.25) is 0 Å². The Morgan fingerprint density at radius 1 is 0.700 bits per heavy atom. The fourth-order valence-electron chi connectivity index (χ4n) is 0.760. The first kappa shape index (κ1) is 8.98. The van der Waals surface area contributed by atoms with Gasteiger partial charge in [-0.3, -0.25) is 0 Å². The molecule has 0 N–H and O–H groups in total. The third-order valence-electron chi connectivity index (χ3n) is 1.32. The van der Waals surface area contributed by atoms with Crippen molar-refractivity contribution in [3.05, 3.63) is 9.69 Å². The van der Waals surface area contributed by atoms with Gasteiger partial charge in [-0.15, -0.1) is 0 Å². The summed E-state index contributed by atoms with van der Waals surface area (Å²) in [4.78, 5) is 7.01. The molecule has 0 amide bonds. The molecule has 0 aliphatic carbocycles. The Hall–Kier alpha value is -1.02. The molecule has 0 bridgehead atoms. The zero-order valence-electron chi connectivity index (χ0n) is 6.29. The SMILES string of the molecule is C#[N+]CCCCCC[N+]#C. The van der Waals surface area contributed by atoms with Gasteiger partial charge in [-0.05, 0) is 12.8 Å². The Bertz CT molecular complexity index is 120. The van der Waals surface area contributed by atoms with E-state index in [9.17, 15) is 0 Å². The van der Waals surface area contributed by atoms with Gasteiger partial charge in [-0.1, -0.05) is 9.69 Å². The van der Waals surface area contributed by atoms with Crippen molar-refractivity contribution in [1.29, 1.82) is 0 Å². The lowest BCUT2D eigenvalue weighted by Gasteiger charge is -1.86. The molecule has 2 nitrogen and oxygen atoms in total. The van der Waals surface area contributed by atoms with Crippen LogP contribution < -0.4 is 0 Å². The molecular formula is C8H14N2+2. The van der Waals surface area contributed by atoms with Crippen LogP contribution in [-0.2, 0) is 0 Å². The topological polar surface area (TPSA) is 8.72 Å². The van der Waals surface area contributed by atoms with Crippen LogP contribution in [0.1, 0.15) is 25.7 Å². The molecule has 0 fully saturated rings. The Labute approximate surface area is 62.5 Å². The van der Waals surface area contributed by atoms with E-state index in [4.69, 9.17) is 13.1 Å². The third-order valence-corrected chi connectivity index (χ3v) is 1.32. The summed E-state index contributed by atoms with van der Waals surface area (Å²) < 4.78 is 0. The highest BCUT2D eigenvalue weighted by atomic mass is 14.6. The molecule has 0 unspecified atom stereocenters. The lowest BCUT2D eigenvalue weighted by atomic mass is 10.2. The van der Waals surface area contributed by atoms with Gasteiger partial charge in [0.15, 0.2) is 0 Å². The molecule has 2 heteroatoms. The van der Waals surface area contributed by atoms with E-state index in [1.165, 1.54) is 12.8 Å². The van der Waals surface area contributed by atoms with Gasteiger partial charge in [-0.25, -0.2) is 0 Å². The normalized spacial score (nSPS) is 8.20. The summed E-state index contributed by atoms with van der Waals surface area (Å²) in [6.45, 7) is 11.5. The van der Waals surface area contributed by atoms with Gasteiger partial charge in [-0.2, -0.15) is 0 Å². The first-order valence-electron chi connectivity index (χ1n) is 3.65. The second-order valence-electron chi connectivity index (χ2n) is 2.23. The summed E-state index contributed by atoms with van der Waals surface area (Å²) in [6, 6.07) is 0. The summed E-state index contributed by atoms with van der Waals surface area (Å²) in [5.41, 5.74) is 0. The Morgan fingerprint density at radius 2 is 1.10 bits per heavy atom. The van der Waals surface area contributed by atoms with Crippen LogP contribution in [0.2, 0.25) is 0 Å². The molecule has 0 aromatic heterocycles. The first-order chi connectivity index (χ1) is 4.91. The highest BCUT2D eigenvalue weighted by Crippen LogP contribution is 1.99. The van der Waals surface area contributed by atoms with Crippen LogP contribution in [0.15, 0.2) is 0 Å². The van der Waals surface area contributed by atoms with E-state index in [0.29, 0.717) is 0 Å². The summed E-state index contributed by atoms with van der Waals surface area (Å²) in [6.07, 6.45) is 4.52. The zero-order chi connectivity index (χ0) is 7.66. The van der Waals surface area contributed by atoms with Crippen LogP contribution >= 0.6 is 0 Å².